The molecule has 1 saturated heterocycles. The number of hydrogen-bond acceptors (Lipinski definition) is 3. The molecule has 2 fully saturated rings. The van der Waals surface area contributed by atoms with Crippen molar-refractivity contribution in [1.82, 2.24) is 10.6 Å². The molecule has 1 heterocycles. The van der Waals surface area contributed by atoms with E-state index in [0.29, 0.717) is 0 Å². The van der Waals surface area contributed by atoms with Crippen LogP contribution in [0.3, 0.4) is 0 Å². The van der Waals surface area contributed by atoms with Crippen LogP contribution < -0.4 is 16.0 Å². The number of rotatable bonds is 3. The van der Waals surface area contributed by atoms with Gasteiger partial charge in [-0.1, -0.05) is 18.9 Å². The van der Waals surface area contributed by atoms with Crippen molar-refractivity contribution >= 4 is 17.5 Å². The van der Waals surface area contributed by atoms with Gasteiger partial charge >= 0.3 is 6.18 Å². The van der Waals surface area contributed by atoms with Crippen molar-refractivity contribution in [2.75, 3.05) is 5.32 Å². The minimum atomic E-state index is -4.47. The van der Waals surface area contributed by atoms with Gasteiger partial charge in [0.15, 0.2) is 0 Å². The minimum absolute atomic E-state index is 0.0617. The second-order valence-electron chi connectivity index (χ2n) is 6.56. The molecule has 1 aromatic carbocycles. The first-order chi connectivity index (χ1) is 11.8. The number of anilines is 1. The number of piperazine rings is 1. The van der Waals surface area contributed by atoms with Crippen LogP contribution in [0.4, 0.5) is 18.9 Å². The van der Waals surface area contributed by atoms with E-state index in [1.165, 1.54) is 12.1 Å². The predicted octanol–water partition coefficient (Wildman–Crippen LogP) is 2.43. The third-order valence-electron chi connectivity index (χ3n) is 4.69. The Morgan fingerprint density at radius 2 is 1.92 bits per heavy atom. The number of halogens is 3. The molecule has 0 aromatic heterocycles. The maximum absolute atomic E-state index is 12.7. The fraction of sp³-hybridized carbons (Fsp3) is 0.529. The van der Waals surface area contributed by atoms with Crippen molar-refractivity contribution in [3.05, 3.63) is 29.8 Å². The quantitative estimate of drug-likeness (QED) is 0.780. The number of hydrogen-bond donors (Lipinski definition) is 3. The summed E-state index contributed by atoms with van der Waals surface area (Å²) in [7, 11) is 0. The number of nitrogens with one attached hydrogen (secondary N) is 3. The smallest absolute Gasteiger partial charge is 0.350 e. The Labute approximate surface area is 143 Å². The summed E-state index contributed by atoms with van der Waals surface area (Å²) in [5.74, 6) is -0.733. The molecule has 0 unspecified atom stereocenters. The molecule has 25 heavy (non-hydrogen) atoms. The Balaban J connectivity index is 1.60. The van der Waals surface area contributed by atoms with Gasteiger partial charge in [0.25, 0.3) is 0 Å². The molecular weight excluding hydrogens is 335 g/mol. The highest BCUT2D eigenvalue weighted by molar-refractivity contribution is 5.95. The lowest BCUT2D eigenvalue weighted by Gasteiger charge is -2.40. The molecule has 3 N–H and O–H groups in total. The Morgan fingerprint density at radius 1 is 1.20 bits per heavy atom. The molecule has 5 nitrogen and oxygen atoms in total. The third-order valence-corrected chi connectivity index (χ3v) is 4.69. The molecule has 8 heteroatoms. The normalized spacial score (nSPS) is 26.5. The summed E-state index contributed by atoms with van der Waals surface area (Å²) in [6.07, 6.45) is -0.576. The van der Waals surface area contributed by atoms with E-state index in [4.69, 9.17) is 0 Å². The summed E-state index contributed by atoms with van der Waals surface area (Å²) in [4.78, 5) is 24.3. The molecule has 136 valence electrons. The second kappa shape index (κ2) is 7.03. The largest absolute Gasteiger partial charge is 0.416 e. The highest BCUT2D eigenvalue weighted by atomic mass is 19.4. The maximum atomic E-state index is 12.7. The molecule has 1 aromatic rings. The molecule has 1 saturated carbocycles. The lowest BCUT2D eigenvalue weighted by atomic mass is 9.87. The maximum Gasteiger partial charge on any atom is 0.416 e. The third kappa shape index (κ3) is 4.31. The fourth-order valence-corrected chi connectivity index (χ4v) is 3.44. The van der Waals surface area contributed by atoms with Crippen molar-refractivity contribution in [2.45, 2.75) is 56.4 Å². The van der Waals surface area contributed by atoms with Gasteiger partial charge in [-0.2, -0.15) is 13.2 Å². The first kappa shape index (κ1) is 17.7. The SMILES string of the molecule is O=C(C[C@@H]1N[C@@H]2CCCC[C@@H]2NC1=O)Nc1cccc(C(F)(F)F)c1. The van der Waals surface area contributed by atoms with E-state index >= 15 is 0 Å². The molecule has 3 atom stereocenters. The molecule has 1 aliphatic heterocycles. The minimum Gasteiger partial charge on any atom is -0.350 e. The van der Waals surface area contributed by atoms with Crippen molar-refractivity contribution in [3.8, 4) is 0 Å². The molecule has 0 radical (unpaired) electrons. The standard InChI is InChI=1S/C17H20F3N3O2/c18-17(19,20)10-4-3-5-11(8-10)21-15(24)9-14-16(25)23-13-7-2-1-6-12(13)22-14/h3-5,8,12-14,22H,1-2,6-7,9H2,(H,21,24)(H,23,25)/t12-,13+,14+/m1/s1. The average molecular weight is 355 g/mol. The summed E-state index contributed by atoms with van der Waals surface area (Å²) >= 11 is 0. The second-order valence-corrected chi connectivity index (χ2v) is 6.56. The number of alkyl halides is 3. The van der Waals surface area contributed by atoms with Crippen LogP contribution >= 0.6 is 0 Å². The van der Waals surface area contributed by atoms with Gasteiger partial charge in [0.05, 0.1) is 18.0 Å². The van der Waals surface area contributed by atoms with Crippen LogP contribution in [0.25, 0.3) is 0 Å². The Kier molecular flexibility index (Phi) is 4.99. The number of fused-ring (bicyclic) bond motifs is 1. The first-order valence-electron chi connectivity index (χ1n) is 8.36. The molecule has 1 aliphatic carbocycles. The molecule has 3 rings (SSSR count). The highest BCUT2D eigenvalue weighted by Crippen LogP contribution is 2.30. The van der Waals surface area contributed by atoms with Crippen LogP contribution in [0.15, 0.2) is 24.3 Å². The number of amides is 2. The van der Waals surface area contributed by atoms with E-state index in [2.05, 4.69) is 16.0 Å². The monoisotopic (exact) mass is 355 g/mol. The van der Waals surface area contributed by atoms with Gasteiger partial charge in [-0.25, -0.2) is 0 Å². The summed E-state index contributed by atoms with van der Waals surface area (Å²) in [5.41, 5.74) is -0.768. The summed E-state index contributed by atoms with van der Waals surface area (Å²) in [6, 6.07) is 4.03. The zero-order chi connectivity index (χ0) is 18.0. The van der Waals surface area contributed by atoms with Crippen LogP contribution in [0.2, 0.25) is 0 Å². The van der Waals surface area contributed by atoms with Gasteiger partial charge < -0.3 is 16.0 Å². The van der Waals surface area contributed by atoms with Crippen molar-refractivity contribution < 1.29 is 22.8 Å². The molecular formula is C17H20F3N3O2. The van der Waals surface area contributed by atoms with Crippen LogP contribution in [0.1, 0.15) is 37.7 Å². The van der Waals surface area contributed by atoms with Crippen LogP contribution in [-0.4, -0.2) is 29.9 Å². The molecule has 0 bridgehead atoms. The molecule has 2 aliphatic rings. The van der Waals surface area contributed by atoms with E-state index in [9.17, 15) is 22.8 Å². The topological polar surface area (TPSA) is 70.2 Å². The fourth-order valence-electron chi connectivity index (χ4n) is 3.44. The lowest BCUT2D eigenvalue weighted by molar-refractivity contribution is -0.137. The van der Waals surface area contributed by atoms with E-state index in [-0.39, 0.29) is 30.1 Å². The van der Waals surface area contributed by atoms with Gasteiger partial charge in [0.1, 0.15) is 0 Å². The Morgan fingerprint density at radius 3 is 2.64 bits per heavy atom. The predicted molar refractivity (Wildman–Crippen MR) is 85.8 cm³/mol. The van der Waals surface area contributed by atoms with Crippen molar-refractivity contribution in [3.63, 3.8) is 0 Å². The highest BCUT2D eigenvalue weighted by Gasteiger charge is 2.37. The van der Waals surface area contributed by atoms with Gasteiger partial charge in [0, 0.05) is 17.8 Å². The van der Waals surface area contributed by atoms with Crippen LogP contribution in [0.5, 0.6) is 0 Å². The van der Waals surface area contributed by atoms with Crippen molar-refractivity contribution in [1.29, 1.82) is 0 Å². The molecule has 0 spiro atoms. The Bertz CT molecular complexity index is 663. The van der Waals surface area contributed by atoms with Gasteiger partial charge in [-0.3, -0.25) is 9.59 Å². The summed E-state index contributed by atoms with van der Waals surface area (Å²) in [5, 5.41) is 8.58. The van der Waals surface area contributed by atoms with Gasteiger partial charge in [-0.15, -0.1) is 0 Å². The van der Waals surface area contributed by atoms with E-state index < -0.39 is 23.7 Å². The number of carbonyl (C=O) groups is 2. The zero-order valence-electron chi connectivity index (χ0n) is 13.5. The summed E-state index contributed by atoms with van der Waals surface area (Å²) < 4.78 is 38.1. The van der Waals surface area contributed by atoms with Crippen LogP contribution in [-0.2, 0) is 15.8 Å². The first-order valence-corrected chi connectivity index (χ1v) is 8.36. The summed E-state index contributed by atoms with van der Waals surface area (Å²) in [6.45, 7) is 0. The van der Waals surface area contributed by atoms with E-state index in [1.807, 2.05) is 0 Å². The van der Waals surface area contributed by atoms with Gasteiger partial charge in [0.2, 0.25) is 11.8 Å². The van der Waals surface area contributed by atoms with Crippen molar-refractivity contribution in [2.24, 2.45) is 0 Å². The molecule has 2 amide bonds. The Hall–Kier alpha value is -2.09. The zero-order valence-corrected chi connectivity index (χ0v) is 13.5. The lowest BCUT2D eigenvalue weighted by Crippen LogP contribution is -2.65. The number of benzene rings is 1. The average Bonchev–Trinajstić information content (AvgIpc) is 2.55. The van der Waals surface area contributed by atoms with Gasteiger partial charge in [-0.05, 0) is 31.0 Å². The van der Waals surface area contributed by atoms with E-state index in [0.717, 1.165) is 37.8 Å². The number of carbonyl (C=O) groups excluding carboxylic acids is 2. The van der Waals surface area contributed by atoms with E-state index in [1.54, 1.807) is 0 Å². The van der Waals surface area contributed by atoms with Crippen LogP contribution in [0, 0.1) is 0 Å².